The summed E-state index contributed by atoms with van der Waals surface area (Å²) in [5, 5.41) is 26.6. The van der Waals surface area contributed by atoms with Crippen molar-refractivity contribution >= 4 is 17.6 Å². The fourth-order valence-corrected chi connectivity index (χ4v) is 3.06. The van der Waals surface area contributed by atoms with Crippen LogP contribution in [0.1, 0.15) is 42.9 Å². The molecule has 134 valence electrons. The maximum atomic E-state index is 12.6. The number of carboxylic acids is 1. The molecule has 3 rings (SSSR count). The van der Waals surface area contributed by atoms with Gasteiger partial charge in [-0.15, -0.1) is 0 Å². The topological polar surface area (TPSA) is 93.0 Å². The Hall–Kier alpha value is -3.15. The van der Waals surface area contributed by atoms with Gasteiger partial charge in [0.2, 0.25) is 5.91 Å². The predicted octanol–water partition coefficient (Wildman–Crippen LogP) is 1.99. The van der Waals surface area contributed by atoms with Crippen LogP contribution in [0, 0.1) is 0 Å². The van der Waals surface area contributed by atoms with E-state index in [0.717, 1.165) is 11.3 Å². The first-order valence-electron chi connectivity index (χ1n) is 8.49. The molecule has 2 aromatic carbocycles. The van der Waals surface area contributed by atoms with Crippen LogP contribution in [-0.2, 0) is 9.59 Å². The van der Waals surface area contributed by atoms with E-state index in [1.165, 1.54) is 5.01 Å². The summed E-state index contributed by atoms with van der Waals surface area (Å²) in [6.07, 6.45) is 0.564. The Bertz CT molecular complexity index is 833. The van der Waals surface area contributed by atoms with E-state index in [2.05, 4.69) is 5.10 Å². The molecule has 0 radical (unpaired) electrons. The average Bonchev–Trinajstić information content (AvgIpc) is 3.08. The van der Waals surface area contributed by atoms with Crippen LogP contribution < -0.4 is 5.11 Å². The van der Waals surface area contributed by atoms with Crippen molar-refractivity contribution in [2.75, 3.05) is 0 Å². The highest BCUT2D eigenvalue weighted by molar-refractivity contribution is 6.03. The van der Waals surface area contributed by atoms with E-state index in [9.17, 15) is 19.8 Å². The second-order valence-electron chi connectivity index (χ2n) is 6.16. The first-order valence-corrected chi connectivity index (χ1v) is 8.49. The SMILES string of the molecule is O=C([O-])CCCC(=O)N1N=C(c2ccccc2)C[C@H]1c1ccccc1O. The number of para-hydroxylation sites is 1. The number of aromatic hydroxyl groups is 1. The number of carboxylic acid groups (broad SMARTS) is 1. The van der Waals surface area contributed by atoms with E-state index < -0.39 is 12.0 Å². The van der Waals surface area contributed by atoms with E-state index in [1.54, 1.807) is 24.3 Å². The molecule has 0 saturated heterocycles. The first-order chi connectivity index (χ1) is 12.6. The van der Waals surface area contributed by atoms with Gasteiger partial charge in [0.15, 0.2) is 0 Å². The van der Waals surface area contributed by atoms with Gasteiger partial charge in [-0.3, -0.25) is 4.79 Å². The number of phenols is 1. The van der Waals surface area contributed by atoms with Crippen LogP contribution >= 0.6 is 0 Å². The zero-order chi connectivity index (χ0) is 18.5. The standard InChI is InChI=1S/C20H20N2O4/c23-18-10-5-4-9-15(18)17-13-16(14-7-2-1-3-8-14)21-22(17)19(24)11-6-12-20(25)26/h1-5,7-10,17,23H,6,11-13H2,(H,25,26)/p-1/t17-/m0/s1. The highest BCUT2D eigenvalue weighted by Crippen LogP contribution is 2.37. The Morgan fingerprint density at radius 1 is 1.08 bits per heavy atom. The zero-order valence-electron chi connectivity index (χ0n) is 14.2. The summed E-state index contributed by atoms with van der Waals surface area (Å²) in [6, 6.07) is 16.0. The molecule has 0 fully saturated rings. The number of carbonyl (C=O) groups is 2. The van der Waals surface area contributed by atoms with E-state index in [4.69, 9.17) is 0 Å². The van der Waals surface area contributed by atoms with Gasteiger partial charge in [0.1, 0.15) is 5.75 Å². The van der Waals surface area contributed by atoms with Crippen molar-refractivity contribution in [1.29, 1.82) is 0 Å². The highest BCUT2D eigenvalue weighted by Gasteiger charge is 2.34. The van der Waals surface area contributed by atoms with Gasteiger partial charge in [-0.05, 0) is 24.5 Å². The smallest absolute Gasteiger partial charge is 0.243 e. The molecule has 1 atom stereocenters. The number of hydrogen-bond acceptors (Lipinski definition) is 5. The number of hydrazone groups is 1. The second-order valence-corrected chi connectivity index (χ2v) is 6.16. The number of nitrogens with zero attached hydrogens (tertiary/aromatic N) is 2. The molecule has 1 aliphatic heterocycles. The maximum absolute atomic E-state index is 12.6. The fraction of sp³-hybridized carbons (Fsp3) is 0.250. The molecular weight excluding hydrogens is 332 g/mol. The Kier molecular flexibility index (Phi) is 5.31. The van der Waals surface area contributed by atoms with Crippen LogP contribution in [0.3, 0.4) is 0 Å². The van der Waals surface area contributed by atoms with Crippen LogP contribution in [0.25, 0.3) is 0 Å². The summed E-state index contributed by atoms with van der Waals surface area (Å²) < 4.78 is 0. The minimum absolute atomic E-state index is 0.0592. The monoisotopic (exact) mass is 351 g/mol. The Labute approximate surface area is 151 Å². The number of amides is 1. The lowest BCUT2D eigenvalue weighted by atomic mass is 9.97. The predicted molar refractivity (Wildman–Crippen MR) is 94.1 cm³/mol. The van der Waals surface area contributed by atoms with Crippen molar-refractivity contribution in [3.63, 3.8) is 0 Å². The molecule has 0 bridgehead atoms. The number of aliphatic carboxylic acids is 1. The van der Waals surface area contributed by atoms with Crippen molar-refractivity contribution < 1.29 is 19.8 Å². The number of benzene rings is 2. The van der Waals surface area contributed by atoms with Gasteiger partial charge >= 0.3 is 0 Å². The van der Waals surface area contributed by atoms with Gasteiger partial charge < -0.3 is 15.0 Å². The van der Waals surface area contributed by atoms with Crippen LogP contribution in [0.15, 0.2) is 59.7 Å². The largest absolute Gasteiger partial charge is 0.550 e. The molecule has 0 aromatic heterocycles. The Morgan fingerprint density at radius 3 is 2.46 bits per heavy atom. The molecule has 1 N–H and O–H groups in total. The number of carbonyl (C=O) groups excluding carboxylic acids is 2. The minimum atomic E-state index is -1.18. The summed E-state index contributed by atoms with van der Waals surface area (Å²) in [5.74, 6) is -1.34. The average molecular weight is 351 g/mol. The van der Waals surface area contributed by atoms with Crippen molar-refractivity contribution in [1.82, 2.24) is 5.01 Å². The third-order valence-electron chi connectivity index (χ3n) is 4.34. The van der Waals surface area contributed by atoms with Crippen molar-refractivity contribution in [3.8, 4) is 5.75 Å². The number of phenolic OH excluding ortho intramolecular Hbond substituents is 1. The lowest BCUT2D eigenvalue weighted by molar-refractivity contribution is -0.305. The Morgan fingerprint density at radius 2 is 1.77 bits per heavy atom. The van der Waals surface area contributed by atoms with Gasteiger partial charge in [0.25, 0.3) is 0 Å². The van der Waals surface area contributed by atoms with Crippen molar-refractivity contribution in [3.05, 3.63) is 65.7 Å². The fourth-order valence-electron chi connectivity index (χ4n) is 3.06. The minimum Gasteiger partial charge on any atom is -0.550 e. The molecule has 1 aliphatic rings. The molecule has 6 nitrogen and oxygen atoms in total. The van der Waals surface area contributed by atoms with Gasteiger partial charge in [0, 0.05) is 24.4 Å². The summed E-state index contributed by atoms with van der Waals surface area (Å²) in [7, 11) is 0. The van der Waals surface area contributed by atoms with Crippen molar-refractivity contribution in [2.24, 2.45) is 5.10 Å². The van der Waals surface area contributed by atoms with Crippen LogP contribution in [0.4, 0.5) is 0 Å². The van der Waals surface area contributed by atoms with E-state index >= 15 is 0 Å². The van der Waals surface area contributed by atoms with E-state index in [-0.39, 0.29) is 30.9 Å². The van der Waals surface area contributed by atoms with Gasteiger partial charge in [-0.2, -0.15) is 5.10 Å². The normalized spacial score (nSPS) is 16.4. The quantitative estimate of drug-likeness (QED) is 0.861. The summed E-state index contributed by atoms with van der Waals surface area (Å²) in [4.78, 5) is 23.2. The first kappa shape index (κ1) is 17.7. The number of rotatable bonds is 6. The van der Waals surface area contributed by atoms with Crippen molar-refractivity contribution in [2.45, 2.75) is 31.7 Å². The maximum Gasteiger partial charge on any atom is 0.243 e. The van der Waals surface area contributed by atoms with Gasteiger partial charge in [-0.25, -0.2) is 5.01 Å². The molecule has 26 heavy (non-hydrogen) atoms. The van der Waals surface area contributed by atoms with Crippen LogP contribution in [0.5, 0.6) is 5.75 Å². The molecule has 0 aliphatic carbocycles. The van der Waals surface area contributed by atoms with E-state index in [0.29, 0.717) is 12.0 Å². The lowest BCUT2D eigenvalue weighted by Crippen LogP contribution is -2.28. The van der Waals surface area contributed by atoms with Gasteiger partial charge in [0.05, 0.1) is 11.8 Å². The second kappa shape index (κ2) is 7.82. The van der Waals surface area contributed by atoms with E-state index in [1.807, 2.05) is 30.3 Å². The zero-order valence-corrected chi connectivity index (χ0v) is 14.2. The van der Waals surface area contributed by atoms with Crippen LogP contribution in [-0.4, -0.2) is 27.7 Å². The summed E-state index contributed by atoms with van der Waals surface area (Å²) >= 11 is 0. The molecule has 2 aromatic rings. The molecule has 1 amide bonds. The molecule has 0 spiro atoms. The number of hydrogen-bond donors (Lipinski definition) is 1. The summed E-state index contributed by atoms with van der Waals surface area (Å²) in [5.41, 5.74) is 2.29. The molecule has 6 heteroatoms. The van der Waals surface area contributed by atoms with Crippen LogP contribution in [0.2, 0.25) is 0 Å². The lowest BCUT2D eigenvalue weighted by Gasteiger charge is -2.22. The Balaban J connectivity index is 1.87. The highest BCUT2D eigenvalue weighted by atomic mass is 16.4. The van der Waals surface area contributed by atoms with Gasteiger partial charge in [-0.1, -0.05) is 48.5 Å². The molecular formula is C20H19N2O4-. The third kappa shape index (κ3) is 3.91. The molecule has 0 unspecified atom stereocenters. The molecule has 0 saturated carbocycles. The molecule has 1 heterocycles. The summed E-state index contributed by atoms with van der Waals surface area (Å²) in [6.45, 7) is 0. The third-order valence-corrected chi connectivity index (χ3v) is 4.34.